The summed E-state index contributed by atoms with van der Waals surface area (Å²) < 4.78 is 10.7. The molecule has 0 aliphatic carbocycles. The average molecular weight is 445 g/mol. The van der Waals surface area contributed by atoms with Gasteiger partial charge in [0.2, 0.25) is 0 Å². The maximum Gasteiger partial charge on any atom is 0.332 e. The first kappa shape index (κ1) is 22.4. The van der Waals surface area contributed by atoms with E-state index in [1.165, 1.54) is 24.7 Å². The number of hydrogen-bond donors (Lipinski definition) is 0. The molecule has 0 aromatic heterocycles. The third-order valence-electron chi connectivity index (χ3n) is 6.10. The van der Waals surface area contributed by atoms with Crippen molar-refractivity contribution in [2.75, 3.05) is 19.1 Å². The Balaban J connectivity index is 1.67. The summed E-state index contributed by atoms with van der Waals surface area (Å²) in [5.41, 5.74) is 2.75. The molecule has 0 N–H and O–H groups in total. The summed E-state index contributed by atoms with van der Waals surface area (Å²) in [5, 5.41) is 0. The van der Waals surface area contributed by atoms with Crippen molar-refractivity contribution in [3.63, 3.8) is 0 Å². The second-order valence-corrected chi connectivity index (χ2v) is 8.57. The fourth-order valence-electron chi connectivity index (χ4n) is 4.12. The van der Waals surface area contributed by atoms with Crippen LogP contribution in [0.5, 0.6) is 11.5 Å². The Bertz CT molecular complexity index is 1150. The Morgan fingerprint density at radius 3 is 1.97 bits per heavy atom. The van der Waals surface area contributed by atoms with Gasteiger partial charge in [-0.3, -0.25) is 4.79 Å². The van der Waals surface area contributed by atoms with E-state index in [4.69, 9.17) is 9.47 Å². The van der Waals surface area contributed by atoms with Gasteiger partial charge in [0, 0.05) is 24.7 Å². The van der Waals surface area contributed by atoms with E-state index in [9.17, 15) is 9.59 Å². The monoisotopic (exact) mass is 444 g/mol. The van der Waals surface area contributed by atoms with Crippen molar-refractivity contribution in [1.82, 2.24) is 4.90 Å². The Morgan fingerprint density at radius 1 is 0.788 bits per heavy atom. The molecule has 0 radical (unpaired) electrons. The molecule has 0 unspecified atom stereocenters. The fraction of sp³-hybridized carbons (Fsp3) is 0.259. The summed E-state index contributed by atoms with van der Waals surface area (Å²) in [6.07, 6.45) is 0.754. The third-order valence-corrected chi connectivity index (χ3v) is 6.10. The number of imide groups is 1. The van der Waals surface area contributed by atoms with Gasteiger partial charge in [-0.2, -0.15) is 0 Å². The lowest BCUT2D eigenvalue weighted by atomic mass is 9.97. The van der Waals surface area contributed by atoms with Crippen molar-refractivity contribution in [2.24, 2.45) is 0 Å². The van der Waals surface area contributed by atoms with Gasteiger partial charge in [-0.15, -0.1) is 0 Å². The molecule has 1 saturated heterocycles. The zero-order chi connectivity index (χ0) is 23.6. The van der Waals surface area contributed by atoms with E-state index in [1.54, 1.807) is 36.9 Å². The molecule has 33 heavy (non-hydrogen) atoms. The van der Waals surface area contributed by atoms with Crippen LogP contribution < -0.4 is 14.4 Å². The summed E-state index contributed by atoms with van der Waals surface area (Å²) in [4.78, 5) is 29.8. The van der Waals surface area contributed by atoms with Crippen molar-refractivity contribution in [3.05, 3.63) is 89.5 Å². The summed E-state index contributed by atoms with van der Waals surface area (Å²) in [6.45, 7) is 3.90. The number of carbonyl (C=O) groups excluding carboxylic acids is 2. The molecule has 1 fully saturated rings. The van der Waals surface area contributed by atoms with Crippen LogP contribution in [0.1, 0.15) is 30.5 Å². The van der Waals surface area contributed by atoms with Gasteiger partial charge in [0.05, 0.1) is 19.9 Å². The van der Waals surface area contributed by atoms with Crippen molar-refractivity contribution < 1.29 is 19.1 Å². The standard InChI is InChI=1S/C27H28N2O4/c1-27(2)25(30)29(22-15-23(32-3)17-24(16-22)33-4)26(31)28(27)18-21-13-9-8-12-20(21)14-19-10-6-5-7-11-19/h5-13,15-17H,14,18H2,1-4H3. The highest BCUT2D eigenvalue weighted by molar-refractivity contribution is 6.23. The molecule has 4 rings (SSSR count). The van der Waals surface area contributed by atoms with Crippen LogP contribution in [0, 0.1) is 0 Å². The Labute approximate surface area is 194 Å². The lowest BCUT2D eigenvalue weighted by Crippen LogP contribution is -2.43. The number of ether oxygens (including phenoxy) is 2. The summed E-state index contributed by atoms with van der Waals surface area (Å²) in [6, 6.07) is 22.9. The van der Waals surface area contributed by atoms with E-state index < -0.39 is 5.54 Å². The maximum atomic E-state index is 13.6. The SMILES string of the molecule is COc1cc(OC)cc(N2C(=O)N(Cc3ccccc3Cc3ccccc3)C(C)(C)C2=O)c1. The number of benzene rings is 3. The molecular weight excluding hydrogens is 416 g/mol. The number of carbonyl (C=O) groups is 2. The van der Waals surface area contributed by atoms with Crippen molar-refractivity contribution in [3.8, 4) is 11.5 Å². The van der Waals surface area contributed by atoms with Crippen LogP contribution in [0.3, 0.4) is 0 Å². The number of rotatable bonds is 7. The topological polar surface area (TPSA) is 59.1 Å². The molecule has 170 valence electrons. The van der Waals surface area contributed by atoms with E-state index in [2.05, 4.69) is 18.2 Å². The Kier molecular flexibility index (Phi) is 6.09. The van der Waals surface area contributed by atoms with Crippen molar-refractivity contribution >= 4 is 17.6 Å². The predicted molar refractivity (Wildman–Crippen MR) is 128 cm³/mol. The zero-order valence-corrected chi connectivity index (χ0v) is 19.4. The van der Waals surface area contributed by atoms with Gasteiger partial charge in [-0.25, -0.2) is 9.69 Å². The number of amides is 3. The Hall–Kier alpha value is -3.80. The molecule has 3 aromatic rings. The molecule has 0 saturated carbocycles. The molecule has 1 aliphatic rings. The second-order valence-electron chi connectivity index (χ2n) is 8.57. The molecule has 1 aliphatic heterocycles. The smallest absolute Gasteiger partial charge is 0.332 e. The minimum absolute atomic E-state index is 0.289. The first-order chi connectivity index (χ1) is 15.8. The largest absolute Gasteiger partial charge is 0.497 e. The number of hydrogen-bond acceptors (Lipinski definition) is 4. The summed E-state index contributed by atoms with van der Waals surface area (Å²) in [7, 11) is 3.07. The van der Waals surface area contributed by atoms with E-state index in [0.717, 1.165) is 17.5 Å². The van der Waals surface area contributed by atoms with Gasteiger partial charge in [-0.1, -0.05) is 54.6 Å². The number of nitrogens with zero attached hydrogens (tertiary/aromatic N) is 2. The molecule has 3 aromatic carbocycles. The van der Waals surface area contributed by atoms with E-state index in [1.807, 2.05) is 36.4 Å². The second kappa shape index (κ2) is 8.98. The van der Waals surface area contributed by atoms with Gasteiger partial charge < -0.3 is 14.4 Å². The van der Waals surface area contributed by atoms with Crippen LogP contribution >= 0.6 is 0 Å². The number of methoxy groups -OCH3 is 2. The van der Waals surface area contributed by atoms with Crippen LogP contribution in [-0.2, 0) is 17.8 Å². The highest BCUT2D eigenvalue weighted by Crippen LogP contribution is 2.37. The van der Waals surface area contributed by atoms with Gasteiger partial charge in [0.15, 0.2) is 0 Å². The maximum absolute atomic E-state index is 13.6. The molecule has 0 atom stereocenters. The highest BCUT2D eigenvalue weighted by Gasteiger charge is 2.52. The van der Waals surface area contributed by atoms with Crippen LogP contribution in [0.25, 0.3) is 0 Å². The highest BCUT2D eigenvalue weighted by atomic mass is 16.5. The zero-order valence-electron chi connectivity index (χ0n) is 19.4. The van der Waals surface area contributed by atoms with Crippen LogP contribution in [0.4, 0.5) is 10.5 Å². The van der Waals surface area contributed by atoms with E-state index in [0.29, 0.717) is 23.7 Å². The van der Waals surface area contributed by atoms with E-state index in [-0.39, 0.29) is 11.9 Å². The van der Waals surface area contributed by atoms with Gasteiger partial charge in [0.25, 0.3) is 5.91 Å². The van der Waals surface area contributed by atoms with Crippen molar-refractivity contribution in [1.29, 1.82) is 0 Å². The van der Waals surface area contributed by atoms with Gasteiger partial charge in [0.1, 0.15) is 17.0 Å². The molecular formula is C27H28N2O4. The average Bonchev–Trinajstić information content (AvgIpc) is 2.99. The predicted octanol–water partition coefficient (Wildman–Crippen LogP) is 5.04. The van der Waals surface area contributed by atoms with Crippen LogP contribution in [-0.4, -0.2) is 36.6 Å². The lowest BCUT2D eigenvalue weighted by Gasteiger charge is -2.28. The quantitative estimate of drug-likeness (QED) is 0.479. The minimum Gasteiger partial charge on any atom is -0.497 e. The summed E-state index contributed by atoms with van der Waals surface area (Å²) in [5.74, 6) is 0.729. The molecule has 3 amide bonds. The molecule has 0 bridgehead atoms. The number of urea groups is 1. The lowest BCUT2D eigenvalue weighted by molar-refractivity contribution is -0.123. The van der Waals surface area contributed by atoms with Crippen LogP contribution in [0.2, 0.25) is 0 Å². The first-order valence-electron chi connectivity index (χ1n) is 10.8. The summed E-state index contributed by atoms with van der Waals surface area (Å²) >= 11 is 0. The Morgan fingerprint density at radius 2 is 1.36 bits per heavy atom. The molecule has 0 spiro atoms. The molecule has 6 heteroatoms. The van der Waals surface area contributed by atoms with Gasteiger partial charge >= 0.3 is 6.03 Å². The number of anilines is 1. The first-order valence-corrected chi connectivity index (χ1v) is 10.8. The van der Waals surface area contributed by atoms with Crippen molar-refractivity contribution in [2.45, 2.75) is 32.4 Å². The fourth-order valence-corrected chi connectivity index (χ4v) is 4.12. The van der Waals surface area contributed by atoms with E-state index >= 15 is 0 Å². The molecule has 1 heterocycles. The molecule has 6 nitrogen and oxygen atoms in total. The normalized spacial score (nSPS) is 15.2. The van der Waals surface area contributed by atoms with Crippen LogP contribution in [0.15, 0.2) is 72.8 Å². The third kappa shape index (κ3) is 4.29. The minimum atomic E-state index is -1.01. The van der Waals surface area contributed by atoms with Gasteiger partial charge in [-0.05, 0) is 37.0 Å².